The summed E-state index contributed by atoms with van der Waals surface area (Å²) in [4.78, 5) is 25.1. The summed E-state index contributed by atoms with van der Waals surface area (Å²) in [6.07, 6.45) is 3.80. The van der Waals surface area contributed by atoms with Gasteiger partial charge in [-0.25, -0.2) is 14.8 Å². The predicted octanol–water partition coefficient (Wildman–Crippen LogP) is 6.14. The van der Waals surface area contributed by atoms with E-state index < -0.39 is 12.0 Å². The van der Waals surface area contributed by atoms with E-state index in [1.807, 2.05) is 108 Å². The van der Waals surface area contributed by atoms with Crippen molar-refractivity contribution in [2.24, 2.45) is 9.98 Å². The van der Waals surface area contributed by atoms with Crippen LogP contribution < -0.4 is 0 Å². The van der Waals surface area contributed by atoms with Gasteiger partial charge in [0, 0.05) is 17.1 Å². The second-order valence-electron chi connectivity index (χ2n) is 8.44. The molecule has 3 heterocycles. The van der Waals surface area contributed by atoms with Crippen molar-refractivity contribution in [3.63, 3.8) is 0 Å². The van der Waals surface area contributed by atoms with Gasteiger partial charge in [-0.2, -0.15) is 0 Å². The predicted molar refractivity (Wildman–Crippen MR) is 140 cm³/mol. The van der Waals surface area contributed by atoms with Crippen LogP contribution in [0.2, 0.25) is 0 Å². The normalized spacial score (nSPS) is 17.0. The molecule has 0 saturated carbocycles. The van der Waals surface area contributed by atoms with Crippen molar-refractivity contribution in [1.29, 1.82) is 0 Å². The van der Waals surface area contributed by atoms with E-state index in [9.17, 15) is 4.79 Å². The van der Waals surface area contributed by atoms with Crippen LogP contribution in [-0.2, 0) is 9.53 Å². The number of carbonyl (C=O) groups is 1. The second kappa shape index (κ2) is 9.15. The number of esters is 1. The topological polar surface area (TPSA) is 67.4 Å². The highest BCUT2D eigenvalue weighted by molar-refractivity contribution is 6.16. The molecule has 4 aromatic rings. The molecule has 1 atom stereocenters. The Hall–Kier alpha value is -4.71. The second-order valence-corrected chi connectivity index (χ2v) is 8.44. The van der Waals surface area contributed by atoms with Crippen LogP contribution in [0, 0.1) is 0 Å². The SMILES string of the molecule is CCOC(=O)C1=C(c2ccccc2)N=C2N=C(c3cc4ccccc4o3)C=CN2C1c1ccccc1. The maximum atomic E-state index is 13.4. The van der Waals surface area contributed by atoms with Crippen molar-refractivity contribution in [3.8, 4) is 0 Å². The summed E-state index contributed by atoms with van der Waals surface area (Å²) in [6.45, 7) is 2.08. The first kappa shape index (κ1) is 21.8. The Labute approximate surface area is 208 Å². The Kier molecular flexibility index (Phi) is 5.54. The average Bonchev–Trinajstić information content (AvgIpc) is 3.37. The third-order valence-corrected chi connectivity index (χ3v) is 6.20. The number of allylic oxidation sites excluding steroid dienone is 1. The van der Waals surface area contributed by atoms with E-state index in [1.54, 1.807) is 6.92 Å². The minimum Gasteiger partial charge on any atom is -0.463 e. The summed E-state index contributed by atoms with van der Waals surface area (Å²) in [5.41, 5.74) is 4.26. The monoisotopic (exact) mass is 473 g/mol. The number of hydrogen-bond acceptors (Lipinski definition) is 6. The molecule has 176 valence electrons. The number of fused-ring (bicyclic) bond motifs is 2. The van der Waals surface area contributed by atoms with Gasteiger partial charge < -0.3 is 14.1 Å². The van der Waals surface area contributed by atoms with Crippen LogP contribution in [-0.4, -0.2) is 29.1 Å². The summed E-state index contributed by atoms with van der Waals surface area (Å²) in [6, 6.07) is 28.9. The maximum absolute atomic E-state index is 13.4. The molecule has 0 amide bonds. The Morgan fingerprint density at radius 1 is 0.944 bits per heavy atom. The number of para-hydroxylation sites is 1. The summed E-state index contributed by atoms with van der Waals surface area (Å²) >= 11 is 0. The van der Waals surface area contributed by atoms with E-state index in [4.69, 9.17) is 19.1 Å². The zero-order chi connectivity index (χ0) is 24.5. The number of hydrogen-bond donors (Lipinski definition) is 0. The smallest absolute Gasteiger partial charge is 0.338 e. The molecule has 0 saturated heterocycles. The highest BCUT2D eigenvalue weighted by Gasteiger charge is 2.38. The molecule has 0 radical (unpaired) electrons. The van der Waals surface area contributed by atoms with Crippen LogP contribution in [0.1, 0.15) is 29.9 Å². The van der Waals surface area contributed by atoms with Gasteiger partial charge in [-0.3, -0.25) is 0 Å². The number of nitrogens with zero attached hydrogens (tertiary/aromatic N) is 3. The zero-order valence-corrected chi connectivity index (χ0v) is 19.7. The summed E-state index contributed by atoms with van der Waals surface area (Å²) in [5, 5.41) is 1.01. The number of benzene rings is 3. The highest BCUT2D eigenvalue weighted by atomic mass is 16.5. The number of ether oxygens (including phenoxy) is 1. The molecule has 3 aromatic carbocycles. The molecule has 6 rings (SSSR count). The molecular weight excluding hydrogens is 450 g/mol. The molecule has 0 N–H and O–H groups in total. The van der Waals surface area contributed by atoms with E-state index in [2.05, 4.69) is 0 Å². The lowest BCUT2D eigenvalue weighted by Crippen LogP contribution is -2.38. The van der Waals surface area contributed by atoms with Gasteiger partial charge in [0.05, 0.1) is 23.9 Å². The van der Waals surface area contributed by atoms with Gasteiger partial charge in [0.15, 0.2) is 5.76 Å². The standard InChI is InChI=1S/C30H23N3O3/c1-2-35-29(34)26-27(20-11-5-3-6-12-20)32-30-31-23(25-19-22-15-9-10-16-24(22)36-25)17-18-33(30)28(26)21-13-7-4-8-14-21/h3-19,28H,2H2,1H3. The molecule has 6 nitrogen and oxygen atoms in total. The Morgan fingerprint density at radius 3 is 2.42 bits per heavy atom. The summed E-state index contributed by atoms with van der Waals surface area (Å²) in [7, 11) is 0. The van der Waals surface area contributed by atoms with Crippen LogP contribution in [0.5, 0.6) is 0 Å². The Morgan fingerprint density at radius 2 is 1.67 bits per heavy atom. The third-order valence-electron chi connectivity index (χ3n) is 6.20. The first-order chi connectivity index (χ1) is 17.7. The van der Waals surface area contributed by atoms with E-state index in [-0.39, 0.29) is 6.61 Å². The average molecular weight is 474 g/mol. The lowest BCUT2D eigenvalue weighted by atomic mass is 9.91. The molecule has 0 spiro atoms. The van der Waals surface area contributed by atoms with Gasteiger partial charge in [-0.15, -0.1) is 0 Å². The van der Waals surface area contributed by atoms with Crippen molar-refractivity contribution in [3.05, 3.63) is 126 Å². The fourth-order valence-corrected chi connectivity index (χ4v) is 4.57. The fraction of sp³-hybridized carbons (Fsp3) is 0.100. The van der Waals surface area contributed by atoms with E-state index in [1.165, 1.54) is 0 Å². The lowest BCUT2D eigenvalue weighted by molar-refractivity contribution is -0.139. The van der Waals surface area contributed by atoms with Crippen molar-refractivity contribution in [2.75, 3.05) is 6.61 Å². The zero-order valence-electron chi connectivity index (χ0n) is 19.7. The van der Waals surface area contributed by atoms with Crippen molar-refractivity contribution < 1.29 is 13.9 Å². The fourth-order valence-electron chi connectivity index (χ4n) is 4.57. The van der Waals surface area contributed by atoms with E-state index in [0.717, 1.165) is 22.1 Å². The highest BCUT2D eigenvalue weighted by Crippen LogP contribution is 2.41. The Bertz CT molecular complexity index is 1530. The van der Waals surface area contributed by atoms with Crippen LogP contribution in [0.15, 0.2) is 123 Å². The Balaban J connectivity index is 1.55. The molecule has 2 aliphatic heterocycles. The molecule has 1 aromatic heterocycles. The minimum absolute atomic E-state index is 0.271. The van der Waals surface area contributed by atoms with Crippen molar-refractivity contribution >= 4 is 34.3 Å². The van der Waals surface area contributed by atoms with Gasteiger partial charge in [0.25, 0.3) is 0 Å². The van der Waals surface area contributed by atoms with Gasteiger partial charge in [0.1, 0.15) is 11.3 Å². The summed E-state index contributed by atoms with van der Waals surface area (Å²) < 4.78 is 11.6. The molecule has 0 fully saturated rings. The van der Waals surface area contributed by atoms with Gasteiger partial charge in [0.2, 0.25) is 5.96 Å². The molecule has 6 heteroatoms. The molecule has 0 bridgehead atoms. The van der Waals surface area contributed by atoms with Crippen LogP contribution >= 0.6 is 0 Å². The first-order valence-electron chi connectivity index (χ1n) is 11.9. The number of carbonyl (C=O) groups excluding carboxylic acids is 1. The van der Waals surface area contributed by atoms with E-state index >= 15 is 0 Å². The van der Waals surface area contributed by atoms with Crippen LogP contribution in [0.4, 0.5) is 0 Å². The molecule has 0 aliphatic carbocycles. The van der Waals surface area contributed by atoms with Gasteiger partial charge in [-0.05, 0) is 30.7 Å². The van der Waals surface area contributed by atoms with Crippen molar-refractivity contribution in [1.82, 2.24) is 4.90 Å². The van der Waals surface area contributed by atoms with Crippen molar-refractivity contribution in [2.45, 2.75) is 13.0 Å². The molecule has 2 aliphatic rings. The number of aliphatic imine (C=N–C) groups is 2. The van der Waals surface area contributed by atoms with Crippen LogP contribution in [0.3, 0.4) is 0 Å². The number of guanidine groups is 1. The lowest BCUT2D eigenvalue weighted by Gasteiger charge is -2.36. The third kappa shape index (κ3) is 3.82. The molecule has 1 unspecified atom stereocenters. The maximum Gasteiger partial charge on any atom is 0.338 e. The molecular formula is C30H23N3O3. The van der Waals surface area contributed by atoms with Gasteiger partial charge in [-0.1, -0.05) is 78.9 Å². The number of rotatable bonds is 5. The van der Waals surface area contributed by atoms with E-state index in [0.29, 0.717) is 28.7 Å². The quantitative estimate of drug-likeness (QED) is 0.327. The first-order valence-corrected chi connectivity index (χ1v) is 11.9. The van der Waals surface area contributed by atoms with Gasteiger partial charge >= 0.3 is 5.97 Å². The molecule has 36 heavy (non-hydrogen) atoms. The minimum atomic E-state index is -0.454. The largest absolute Gasteiger partial charge is 0.463 e. The summed E-state index contributed by atoms with van der Waals surface area (Å²) in [5.74, 6) is 0.745. The number of furan rings is 1. The van der Waals surface area contributed by atoms with Crippen LogP contribution in [0.25, 0.3) is 16.7 Å².